The highest BCUT2D eigenvalue weighted by molar-refractivity contribution is 8.00. The van der Waals surface area contributed by atoms with Crippen LogP contribution in [0.2, 0.25) is 0 Å². The summed E-state index contributed by atoms with van der Waals surface area (Å²) in [6.07, 6.45) is 0. The minimum atomic E-state index is -0.418. The second-order valence-corrected chi connectivity index (χ2v) is 6.31. The van der Waals surface area contributed by atoms with Gasteiger partial charge in [0.25, 0.3) is 5.91 Å². The molecule has 0 spiro atoms. The number of hydrogen-bond donors (Lipinski definition) is 1. The largest absolute Gasteiger partial charge is 0.468 e. The van der Waals surface area contributed by atoms with Gasteiger partial charge in [-0.1, -0.05) is 12.1 Å². The van der Waals surface area contributed by atoms with Crippen molar-refractivity contribution in [3.63, 3.8) is 0 Å². The number of nitrogens with one attached hydrogen (secondary N) is 1. The van der Waals surface area contributed by atoms with Crippen LogP contribution in [0.3, 0.4) is 0 Å². The first-order valence-electron chi connectivity index (χ1n) is 7.20. The van der Waals surface area contributed by atoms with Crippen molar-refractivity contribution >= 4 is 29.3 Å². The normalized spacial score (nSPS) is 11.2. The van der Waals surface area contributed by atoms with Gasteiger partial charge in [-0.15, -0.1) is 11.8 Å². The van der Waals surface area contributed by atoms with Crippen molar-refractivity contribution < 1.29 is 14.3 Å². The number of methoxy groups -OCH3 is 1. The number of esters is 1. The van der Waals surface area contributed by atoms with Crippen LogP contribution >= 0.6 is 11.8 Å². The van der Waals surface area contributed by atoms with Crippen LogP contribution < -0.4 is 5.32 Å². The van der Waals surface area contributed by atoms with Gasteiger partial charge >= 0.3 is 5.97 Å². The van der Waals surface area contributed by atoms with Crippen molar-refractivity contribution in [3.8, 4) is 6.07 Å². The number of ether oxygens (including phenoxy) is 1. The molecule has 1 unspecified atom stereocenters. The second-order valence-electron chi connectivity index (χ2n) is 4.92. The maximum absolute atomic E-state index is 12.5. The molecule has 6 heteroatoms. The molecule has 5 nitrogen and oxygen atoms in total. The molecule has 0 fully saturated rings. The quantitative estimate of drug-likeness (QED) is 0.666. The summed E-state index contributed by atoms with van der Waals surface area (Å²) in [5, 5.41) is 11.2. The van der Waals surface area contributed by atoms with Gasteiger partial charge < -0.3 is 10.1 Å². The Labute approximate surface area is 144 Å². The van der Waals surface area contributed by atoms with Gasteiger partial charge in [-0.05, 0) is 43.3 Å². The summed E-state index contributed by atoms with van der Waals surface area (Å²) in [6, 6.07) is 15.7. The van der Waals surface area contributed by atoms with Gasteiger partial charge in [0.15, 0.2) is 0 Å². The molecule has 0 aliphatic heterocycles. The lowest BCUT2D eigenvalue weighted by Crippen LogP contribution is -2.17. The molecule has 0 saturated heterocycles. The molecule has 0 aromatic heterocycles. The highest BCUT2D eigenvalue weighted by Gasteiger charge is 2.19. The average molecular weight is 340 g/mol. The Bertz CT molecular complexity index is 782. The van der Waals surface area contributed by atoms with Gasteiger partial charge in [0, 0.05) is 10.6 Å². The van der Waals surface area contributed by atoms with E-state index in [2.05, 4.69) is 5.32 Å². The lowest BCUT2D eigenvalue weighted by atomic mass is 10.2. The van der Waals surface area contributed by atoms with Gasteiger partial charge in [0.05, 0.1) is 24.3 Å². The molecule has 122 valence electrons. The van der Waals surface area contributed by atoms with Gasteiger partial charge in [0.1, 0.15) is 5.25 Å². The molecule has 0 aliphatic rings. The summed E-state index contributed by atoms with van der Waals surface area (Å²) in [7, 11) is 1.34. The minimum absolute atomic E-state index is 0.278. The van der Waals surface area contributed by atoms with E-state index in [0.29, 0.717) is 21.7 Å². The van der Waals surface area contributed by atoms with Crippen LogP contribution in [-0.2, 0) is 9.53 Å². The number of amides is 1. The number of hydrogen-bond acceptors (Lipinski definition) is 5. The molecule has 2 aromatic carbocycles. The lowest BCUT2D eigenvalue weighted by molar-refractivity contribution is -0.139. The molecule has 0 saturated carbocycles. The Morgan fingerprint density at radius 3 is 2.46 bits per heavy atom. The standard InChI is InChI=1S/C18H16N2O3S/c1-12(18(22)23-2)24-16-6-4-3-5-15(16)17(21)20-14-9-7-13(11-19)8-10-14/h3-10,12H,1-2H3,(H,20,21). The Morgan fingerprint density at radius 2 is 1.83 bits per heavy atom. The number of nitrogens with zero attached hydrogens (tertiary/aromatic N) is 1. The molecule has 1 N–H and O–H groups in total. The third kappa shape index (κ3) is 4.37. The monoisotopic (exact) mass is 340 g/mol. The summed E-state index contributed by atoms with van der Waals surface area (Å²) >= 11 is 1.27. The van der Waals surface area contributed by atoms with Gasteiger partial charge in [-0.2, -0.15) is 5.26 Å². The van der Waals surface area contributed by atoms with Crippen LogP contribution in [0.4, 0.5) is 5.69 Å². The van der Waals surface area contributed by atoms with E-state index in [1.165, 1.54) is 18.9 Å². The fraction of sp³-hybridized carbons (Fsp3) is 0.167. The smallest absolute Gasteiger partial charge is 0.318 e. The molecule has 0 bridgehead atoms. The number of carbonyl (C=O) groups excluding carboxylic acids is 2. The molecule has 0 radical (unpaired) electrons. The molecule has 1 atom stereocenters. The molecule has 0 aliphatic carbocycles. The van der Waals surface area contributed by atoms with E-state index >= 15 is 0 Å². The van der Waals surface area contributed by atoms with Crippen molar-refractivity contribution in [1.29, 1.82) is 5.26 Å². The number of carbonyl (C=O) groups is 2. The first-order valence-corrected chi connectivity index (χ1v) is 8.08. The number of rotatable bonds is 5. The summed E-state index contributed by atoms with van der Waals surface area (Å²) < 4.78 is 4.72. The zero-order valence-electron chi connectivity index (χ0n) is 13.3. The number of benzene rings is 2. The second kappa shape index (κ2) is 8.18. The fourth-order valence-corrected chi connectivity index (χ4v) is 3.01. The summed E-state index contributed by atoms with van der Waals surface area (Å²) in [5.41, 5.74) is 1.60. The highest BCUT2D eigenvalue weighted by atomic mass is 32.2. The summed E-state index contributed by atoms with van der Waals surface area (Å²) in [6.45, 7) is 1.73. The zero-order chi connectivity index (χ0) is 17.5. The number of nitriles is 1. The van der Waals surface area contributed by atoms with Gasteiger partial charge in [-0.3, -0.25) is 9.59 Å². The lowest BCUT2D eigenvalue weighted by Gasteiger charge is -2.13. The molecule has 1 amide bonds. The Kier molecular flexibility index (Phi) is 5.99. The van der Waals surface area contributed by atoms with E-state index in [-0.39, 0.29) is 11.9 Å². The van der Waals surface area contributed by atoms with Gasteiger partial charge in [0.2, 0.25) is 0 Å². The average Bonchev–Trinajstić information content (AvgIpc) is 2.62. The van der Waals surface area contributed by atoms with Crippen LogP contribution in [0, 0.1) is 11.3 Å². The van der Waals surface area contributed by atoms with Crippen LogP contribution in [-0.4, -0.2) is 24.2 Å². The summed E-state index contributed by atoms with van der Waals surface area (Å²) in [5.74, 6) is -0.623. The van der Waals surface area contributed by atoms with Crippen molar-refractivity contribution in [2.24, 2.45) is 0 Å². The molecular weight excluding hydrogens is 324 g/mol. The molecule has 2 rings (SSSR count). The van der Waals surface area contributed by atoms with Crippen molar-refractivity contribution in [3.05, 3.63) is 59.7 Å². The third-order valence-electron chi connectivity index (χ3n) is 3.24. The predicted octanol–water partition coefficient (Wildman–Crippen LogP) is 3.46. The first-order chi connectivity index (χ1) is 11.5. The van der Waals surface area contributed by atoms with Crippen LogP contribution in [0.15, 0.2) is 53.4 Å². The highest BCUT2D eigenvalue weighted by Crippen LogP contribution is 2.28. The first kappa shape index (κ1) is 17.6. The summed E-state index contributed by atoms with van der Waals surface area (Å²) in [4.78, 5) is 24.8. The SMILES string of the molecule is COC(=O)C(C)Sc1ccccc1C(=O)Nc1ccc(C#N)cc1. The van der Waals surface area contributed by atoms with E-state index in [9.17, 15) is 9.59 Å². The molecule has 0 heterocycles. The van der Waals surface area contributed by atoms with Crippen LogP contribution in [0.25, 0.3) is 0 Å². The maximum atomic E-state index is 12.5. The molecule has 24 heavy (non-hydrogen) atoms. The van der Waals surface area contributed by atoms with E-state index < -0.39 is 5.25 Å². The Hall–Kier alpha value is -2.78. The van der Waals surface area contributed by atoms with Crippen molar-refractivity contribution in [1.82, 2.24) is 0 Å². The maximum Gasteiger partial charge on any atom is 0.318 e. The number of anilines is 1. The molecular formula is C18H16N2O3S. The number of thioether (sulfide) groups is 1. The third-order valence-corrected chi connectivity index (χ3v) is 4.40. The molecule has 2 aromatic rings. The van der Waals surface area contributed by atoms with E-state index in [1.54, 1.807) is 49.4 Å². The predicted molar refractivity (Wildman–Crippen MR) is 92.9 cm³/mol. The topological polar surface area (TPSA) is 79.2 Å². The fourth-order valence-electron chi connectivity index (χ4n) is 1.99. The van der Waals surface area contributed by atoms with E-state index in [4.69, 9.17) is 10.00 Å². The van der Waals surface area contributed by atoms with Crippen LogP contribution in [0.1, 0.15) is 22.8 Å². The van der Waals surface area contributed by atoms with Gasteiger partial charge in [-0.25, -0.2) is 0 Å². The Balaban J connectivity index is 2.17. The van der Waals surface area contributed by atoms with Crippen molar-refractivity contribution in [2.75, 3.05) is 12.4 Å². The van der Waals surface area contributed by atoms with Crippen molar-refractivity contribution in [2.45, 2.75) is 17.1 Å². The minimum Gasteiger partial charge on any atom is -0.468 e. The van der Waals surface area contributed by atoms with Crippen LogP contribution in [0.5, 0.6) is 0 Å². The zero-order valence-corrected chi connectivity index (χ0v) is 14.1. The van der Waals surface area contributed by atoms with E-state index in [0.717, 1.165) is 0 Å². The Morgan fingerprint density at radius 1 is 1.17 bits per heavy atom. The van der Waals surface area contributed by atoms with E-state index in [1.807, 2.05) is 12.1 Å².